The number of rotatable bonds is 11. The van der Waals surface area contributed by atoms with Crippen LogP contribution in [0.15, 0.2) is 59.1 Å². The summed E-state index contributed by atoms with van der Waals surface area (Å²) in [7, 11) is 3.12. The van der Waals surface area contributed by atoms with Crippen LogP contribution in [-0.4, -0.2) is 55.8 Å². The topological polar surface area (TPSA) is 93.9 Å². The highest BCUT2D eigenvalue weighted by Crippen LogP contribution is 2.23. The minimum absolute atomic E-state index is 0.0971. The summed E-state index contributed by atoms with van der Waals surface area (Å²) in [6.45, 7) is 1.07. The fourth-order valence-electron chi connectivity index (χ4n) is 3.07. The molecule has 8 nitrogen and oxygen atoms in total. The van der Waals surface area contributed by atoms with Gasteiger partial charge in [-0.25, -0.2) is 4.39 Å². The van der Waals surface area contributed by atoms with Crippen LogP contribution in [-0.2, 0) is 16.1 Å². The van der Waals surface area contributed by atoms with Crippen LogP contribution in [0.5, 0.6) is 5.75 Å². The minimum Gasteiger partial charge on any atom is -0.497 e. The van der Waals surface area contributed by atoms with Gasteiger partial charge in [0.15, 0.2) is 11.5 Å². The van der Waals surface area contributed by atoms with E-state index in [0.717, 1.165) is 11.1 Å². The third-order valence-electron chi connectivity index (χ3n) is 4.97. The molecular formula is C24H26FN3O5. The van der Waals surface area contributed by atoms with E-state index in [1.54, 1.807) is 37.4 Å². The number of halogens is 1. The monoisotopic (exact) mass is 455 g/mol. The number of amides is 2. The number of hydrogen-bond acceptors (Lipinski definition) is 6. The Kier molecular flexibility index (Phi) is 8.54. The highest BCUT2D eigenvalue weighted by Gasteiger charge is 2.21. The normalized spacial score (nSPS) is 10.6. The van der Waals surface area contributed by atoms with E-state index in [0.29, 0.717) is 24.7 Å². The summed E-state index contributed by atoms with van der Waals surface area (Å²) >= 11 is 0. The van der Waals surface area contributed by atoms with E-state index in [9.17, 15) is 14.0 Å². The number of nitrogens with zero attached hydrogens (tertiary/aromatic N) is 2. The molecule has 1 heterocycles. The van der Waals surface area contributed by atoms with Gasteiger partial charge in [-0.05, 0) is 42.0 Å². The number of nitrogens with one attached hydrogen (secondary N) is 1. The third-order valence-corrected chi connectivity index (χ3v) is 4.97. The second kappa shape index (κ2) is 11.8. The molecule has 1 N–H and O–H groups in total. The van der Waals surface area contributed by atoms with Crippen LogP contribution in [0.2, 0.25) is 0 Å². The summed E-state index contributed by atoms with van der Waals surface area (Å²) < 4.78 is 28.6. The number of hydrogen-bond donors (Lipinski definition) is 1. The molecule has 0 saturated heterocycles. The smallest absolute Gasteiger partial charge is 0.276 e. The second-order valence-electron chi connectivity index (χ2n) is 7.24. The van der Waals surface area contributed by atoms with Crippen molar-refractivity contribution in [1.82, 2.24) is 15.4 Å². The molecule has 0 bridgehead atoms. The zero-order valence-corrected chi connectivity index (χ0v) is 18.5. The summed E-state index contributed by atoms with van der Waals surface area (Å²) in [6, 6.07) is 14.6. The van der Waals surface area contributed by atoms with E-state index in [1.165, 1.54) is 24.1 Å². The Morgan fingerprint density at radius 2 is 1.79 bits per heavy atom. The molecule has 1 aromatic heterocycles. The Morgan fingerprint density at radius 1 is 1.06 bits per heavy atom. The molecule has 33 heavy (non-hydrogen) atoms. The first-order chi connectivity index (χ1) is 16.0. The lowest BCUT2D eigenvalue weighted by molar-refractivity contribution is -0.121. The minimum atomic E-state index is -0.359. The Balaban J connectivity index is 1.59. The van der Waals surface area contributed by atoms with E-state index < -0.39 is 0 Å². The van der Waals surface area contributed by atoms with Crippen molar-refractivity contribution in [3.63, 3.8) is 0 Å². The summed E-state index contributed by atoms with van der Waals surface area (Å²) in [5.74, 6) is 0.235. The predicted molar refractivity (Wildman–Crippen MR) is 119 cm³/mol. The lowest BCUT2D eigenvalue weighted by atomic mass is 10.1. The van der Waals surface area contributed by atoms with Crippen molar-refractivity contribution in [2.75, 3.05) is 33.9 Å². The second-order valence-corrected chi connectivity index (χ2v) is 7.24. The standard InChI is InChI=1S/C24H26FN3O5/c1-31-14-13-28(12-11-23(29)26-16-17-3-7-19(25)8-4-17)24(30)21-15-22(33-27-21)18-5-9-20(32-2)10-6-18/h3-10,15H,11-14,16H2,1-2H3,(H,26,29). The van der Waals surface area contributed by atoms with Gasteiger partial charge >= 0.3 is 0 Å². The first kappa shape index (κ1) is 23.9. The van der Waals surface area contributed by atoms with Gasteiger partial charge in [0.25, 0.3) is 5.91 Å². The van der Waals surface area contributed by atoms with Crippen molar-refractivity contribution in [2.45, 2.75) is 13.0 Å². The van der Waals surface area contributed by atoms with Crippen molar-refractivity contribution in [1.29, 1.82) is 0 Å². The molecule has 3 aromatic rings. The van der Waals surface area contributed by atoms with Gasteiger partial charge in [-0.15, -0.1) is 0 Å². The van der Waals surface area contributed by atoms with E-state index >= 15 is 0 Å². The number of aromatic nitrogens is 1. The predicted octanol–water partition coefficient (Wildman–Crippen LogP) is 3.28. The molecule has 0 saturated carbocycles. The van der Waals surface area contributed by atoms with Gasteiger partial charge in [-0.2, -0.15) is 0 Å². The maximum atomic E-state index is 13.0. The molecule has 174 valence electrons. The van der Waals surface area contributed by atoms with Gasteiger partial charge in [0, 0.05) is 44.8 Å². The summed E-state index contributed by atoms with van der Waals surface area (Å²) in [5, 5.41) is 6.67. The first-order valence-corrected chi connectivity index (χ1v) is 10.4. The van der Waals surface area contributed by atoms with Gasteiger partial charge < -0.3 is 24.2 Å². The average molecular weight is 455 g/mol. The molecule has 0 fully saturated rings. The molecule has 0 aliphatic rings. The number of carbonyl (C=O) groups excluding carboxylic acids is 2. The largest absolute Gasteiger partial charge is 0.497 e. The van der Waals surface area contributed by atoms with Crippen LogP contribution in [0, 0.1) is 5.82 Å². The lowest BCUT2D eigenvalue weighted by Gasteiger charge is -2.21. The van der Waals surface area contributed by atoms with Gasteiger partial charge in [0.1, 0.15) is 11.6 Å². The highest BCUT2D eigenvalue weighted by molar-refractivity contribution is 5.93. The molecule has 0 aliphatic heterocycles. The van der Waals surface area contributed by atoms with Gasteiger partial charge in [0.05, 0.1) is 13.7 Å². The Bertz CT molecular complexity index is 1050. The maximum absolute atomic E-state index is 13.0. The Hall–Kier alpha value is -3.72. The zero-order valence-electron chi connectivity index (χ0n) is 18.5. The van der Waals surface area contributed by atoms with Gasteiger partial charge in [-0.1, -0.05) is 17.3 Å². The van der Waals surface area contributed by atoms with Crippen LogP contribution in [0.25, 0.3) is 11.3 Å². The Morgan fingerprint density at radius 3 is 2.45 bits per heavy atom. The zero-order chi connectivity index (χ0) is 23.6. The fourth-order valence-corrected chi connectivity index (χ4v) is 3.07. The van der Waals surface area contributed by atoms with Crippen molar-refractivity contribution in [3.05, 3.63) is 71.7 Å². The number of carbonyl (C=O) groups is 2. The lowest BCUT2D eigenvalue weighted by Crippen LogP contribution is -2.37. The van der Waals surface area contributed by atoms with Crippen molar-refractivity contribution < 1.29 is 28.0 Å². The van der Waals surface area contributed by atoms with Crippen molar-refractivity contribution in [2.24, 2.45) is 0 Å². The highest BCUT2D eigenvalue weighted by atomic mass is 19.1. The molecule has 3 rings (SSSR count). The molecule has 9 heteroatoms. The van der Waals surface area contributed by atoms with Crippen LogP contribution in [0.1, 0.15) is 22.5 Å². The molecular weight excluding hydrogens is 429 g/mol. The number of methoxy groups -OCH3 is 2. The van der Waals surface area contributed by atoms with Crippen LogP contribution in [0.3, 0.4) is 0 Å². The molecule has 0 unspecified atom stereocenters. The first-order valence-electron chi connectivity index (χ1n) is 10.4. The van der Waals surface area contributed by atoms with Crippen molar-refractivity contribution in [3.8, 4) is 17.1 Å². The van der Waals surface area contributed by atoms with Crippen LogP contribution < -0.4 is 10.1 Å². The quantitative estimate of drug-likeness (QED) is 0.477. The molecule has 0 atom stereocenters. The fraction of sp³-hybridized carbons (Fsp3) is 0.292. The SMILES string of the molecule is COCCN(CCC(=O)NCc1ccc(F)cc1)C(=O)c1cc(-c2ccc(OC)cc2)on1. The molecule has 0 spiro atoms. The average Bonchev–Trinajstić information content (AvgIpc) is 3.34. The van der Waals surface area contributed by atoms with E-state index in [1.807, 2.05) is 12.1 Å². The molecule has 2 amide bonds. The number of ether oxygens (including phenoxy) is 2. The van der Waals surface area contributed by atoms with E-state index in [2.05, 4.69) is 10.5 Å². The molecule has 0 radical (unpaired) electrons. The summed E-state index contributed by atoms with van der Waals surface area (Å²) in [6.07, 6.45) is 0.0971. The molecule has 2 aromatic carbocycles. The van der Waals surface area contributed by atoms with E-state index in [4.69, 9.17) is 14.0 Å². The third kappa shape index (κ3) is 6.88. The van der Waals surface area contributed by atoms with Crippen molar-refractivity contribution >= 4 is 11.8 Å². The van der Waals surface area contributed by atoms with Crippen LogP contribution in [0.4, 0.5) is 4.39 Å². The summed E-state index contributed by atoms with van der Waals surface area (Å²) in [4.78, 5) is 26.7. The van der Waals surface area contributed by atoms with Crippen LogP contribution >= 0.6 is 0 Å². The maximum Gasteiger partial charge on any atom is 0.276 e. The van der Waals surface area contributed by atoms with Gasteiger partial charge in [-0.3, -0.25) is 9.59 Å². The Labute approximate surface area is 191 Å². The van der Waals surface area contributed by atoms with E-state index in [-0.39, 0.29) is 42.8 Å². The van der Waals surface area contributed by atoms with Gasteiger partial charge in [0.2, 0.25) is 5.91 Å². The number of benzene rings is 2. The summed E-state index contributed by atoms with van der Waals surface area (Å²) in [5.41, 5.74) is 1.68. The molecule has 0 aliphatic carbocycles.